The Labute approximate surface area is 120 Å². The predicted octanol–water partition coefficient (Wildman–Crippen LogP) is 0.511. The lowest BCUT2D eigenvalue weighted by Gasteiger charge is -2.23. The fourth-order valence-corrected chi connectivity index (χ4v) is 5.61. The highest BCUT2D eigenvalue weighted by atomic mass is 32.2. The minimum absolute atomic E-state index is 0.0178. The van der Waals surface area contributed by atoms with Crippen molar-refractivity contribution >= 4 is 44.0 Å². The molecule has 0 spiro atoms. The number of aromatic nitrogens is 1. The van der Waals surface area contributed by atoms with Crippen LogP contribution >= 0.6 is 23.1 Å². The summed E-state index contributed by atoms with van der Waals surface area (Å²) in [4.78, 5) is 15.7. The van der Waals surface area contributed by atoms with Crippen LogP contribution in [-0.4, -0.2) is 42.1 Å². The summed E-state index contributed by atoms with van der Waals surface area (Å²) in [6, 6.07) is 0. The molecule has 106 valence electrons. The van der Waals surface area contributed by atoms with Gasteiger partial charge in [0.2, 0.25) is 5.91 Å². The van der Waals surface area contributed by atoms with Gasteiger partial charge in [-0.3, -0.25) is 4.79 Å². The second kappa shape index (κ2) is 5.29. The summed E-state index contributed by atoms with van der Waals surface area (Å²) < 4.78 is 23.7. The lowest BCUT2D eigenvalue weighted by Crippen LogP contribution is -2.47. The number of nitrogens with two attached hydrogens (primary N) is 1. The zero-order chi connectivity index (χ0) is 14.1. The molecule has 1 aromatic heterocycles. The number of anilines is 1. The van der Waals surface area contributed by atoms with Crippen molar-refractivity contribution in [2.45, 2.75) is 23.1 Å². The number of carbonyl (C=O) groups excluding carboxylic acids is 1. The van der Waals surface area contributed by atoms with E-state index in [1.54, 1.807) is 13.1 Å². The van der Waals surface area contributed by atoms with E-state index in [2.05, 4.69) is 10.3 Å². The maximum absolute atomic E-state index is 11.8. The topological polar surface area (TPSA) is 102 Å². The van der Waals surface area contributed by atoms with Gasteiger partial charge in [0, 0.05) is 0 Å². The number of carbonyl (C=O) groups is 1. The number of thiazole rings is 1. The molecule has 1 saturated heterocycles. The molecule has 9 heteroatoms. The Morgan fingerprint density at radius 3 is 2.95 bits per heavy atom. The molecule has 19 heavy (non-hydrogen) atoms. The molecule has 0 bridgehead atoms. The average molecular weight is 321 g/mol. The normalized spacial score (nSPS) is 25.3. The van der Waals surface area contributed by atoms with Gasteiger partial charge in [0.05, 0.1) is 33.2 Å². The molecule has 1 aliphatic rings. The summed E-state index contributed by atoms with van der Waals surface area (Å²) in [5, 5.41) is 3.27. The van der Waals surface area contributed by atoms with Crippen LogP contribution in [0.1, 0.15) is 13.3 Å². The van der Waals surface area contributed by atoms with Gasteiger partial charge in [-0.15, -0.1) is 11.8 Å². The highest BCUT2D eigenvalue weighted by Crippen LogP contribution is 2.27. The van der Waals surface area contributed by atoms with Gasteiger partial charge < -0.3 is 11.1 Å². The minimum Gasteiger partial charge on any atom is -0.375 e. The average Bonchev–Trinajstić information content (AvgIpc) is 2.80. The lowest BCUT2D eigenvalue weighted by molar-refractivity contribution is -0.120. The van der Waals surface area contributed by atoms with Crippen LogP contribution in [-0.2, 0) is 14.6 Å². The Morgan fingerprint density at radius 2 is 2.42 bits per heavy atom. The van der Waals surface area contributed by atoms with Crippen molar-refractivity contribution in [1.29, 1.82) is 0 Å². The maximum Gasteiger partial charge on any atom is 0.230 e. The predicted molar refractivity (Wildman–Crippen MR) is 77.1 cm³/mol. The van der Waals surface area contributed by atoms with Gasteiger partial charge in [-0.25, -0.2) is 13.4 Å². The molecule has 0 aromatic carbocycles. The van der Waals surface area contributed by atoms with Crippen LogP contribution in [0.25, 0.3) is 0 Å². The minimum atomic E-state index is -3.01. The SMILES string of the molecule is CC1(NC(=O)CSc2cnc(N)s2)CCS(=O)(=O)C1. The van der Waals surface area contributed by atoms with E-state index < -0.39 is 15.4 Å². The second-order valence-electron chi connectivity index (χ2n) is 4.76. The summed E-state index contributed by atoms with van der Waals surface area (Å²) >= 11 is 2.67. The maximum atomic E-state index is 11.8. The molecule has 3 N–H and O–H groups in total. The molecule has 2 heterocycles. The summed E-state index contributed by atoms with van der Waals surface area (Å²) in [6.45, 7) is 1.77. The largest absolute Gasteiger partial charge is 0.375 e. The first-order valence-electron chi connectivity index (χ1n) is 5.64. The van der Waals surface area contributed by atoms with Crippen LogP contribution in [0.15, 0.2) is 10.4 Å². The van der Waals surface area contributed by atoms with Crippen LogP contribution in [0.2, 0.25) is 0 Å². The van der Waals surface area contributed by atoms with Crippen molar-refractivity contribution in [2.75, 3.05) is 23.0 Å². The number of hydrogen-bond acceptors (Lipinski definition) is 7. The van der Waals surface area contributed by atoms with Crippen molar-refractivity contribution in [3.8, 4) is 0 Å². The second-order valence-corrected chi connectivity index (χ2v) is 9.28. The number of nitrogens with one attached hydrogen (secondary N) is 1. The lowest BCUT2D eigenvalue weighted by atomic mass is 10.0. The van der Waals surface area contributed by atoms with E-state index in [-0.39, 0.29) is 23.2 Å². The Bertz CT molecular complexity index is 584. The van der Waals surface area contributed by atoms with Crippen LogP contribution in [0.5, 0.6) is 0 Å². The quantitative estimate of drug-likeness (QED) is 0.784. The molecule has 0 radical (unpaired) electrons. The first kappa shape index (κ1) is 14.6. The third-order valence-corrected chi connectivity index (χ3v) is 6.72. The van der Waals surface area contributed by atoms with E-state index in [0.29, 0.717) is 11.6 Å². The Morgan fingerprint density at radius 1 is 1.68 bits per heavy atom. The highest BCUT2D eigenvalue weighted by Gasteiger charge is 2.39. The van der Waals surface area contributed by atoms with E-state index >= 15 is 0 Å². The third-order valence-electron chi connectivity index (χ3n) is 2.79. The van der Waals surface area contributed by atoms with Gasteiger partial charge in [-0.2, -0.15) is 0 Å². The Hall–Kier alpha value is -0.800. The first-order chi connectivity index (χ1) is 8.78. The number of rotatable bonds is 4. The van der Waals surface area contributed by atoms with Crippen molar-refractivity contribution in [2.24, 2.45) is 0 Å². The summed E-state index contributed by atoms with van der Waals surface area (Å²) in [5.74, 6) is 0.223. The first-order valence-corrected chi connectivity index (χ1v) is 9.26. The molecule has 1 amide bonds. The van der Waals surface area contributed by atoms with E-state index in [9.17, 15) is 13.2 Å². The molecule has 1 atom stereocenters. The van der Waals surface area contributed by atoms with Gasteiger partial charge in [-0.05, 0) is 13.3 Å². The highest BCUT2D eigenvalue weighted by molar-refractivity contribution is 8.01. The monoisotopic (exact) mass is 321 g/mol. The number of nitrogens with zero attached hydrogens (tertiary/aromatic N) is 1. The fraction of sp³-hybridized carbons (Fsp3) is 0.600. The van der Waals surface area contributed by atoms with E-state index in [1.165, 1.54) is 23.1 Å². The molecule has 0 aliphatic carbocycles. The number of thioether (sulfide) groups is 1. The molecular formula is C10H15N3O3S3. The standard InChI is InChI=1S/C10H15N3O3S3/c1-10(2-3-19(15,16)6-10)13-7(14)5-17-8-4-12-9(11)18-8/h4H,2-3,5-6H2,1H3,(H2,11,12)(H,13,14). The number of sulfone groups is 1. The summed E-state index contributed by atoms with van der Waals surface area (Å²) in [7, 11) is -3.01. The summed E-state index contributed by atoms with van der Waals surface area (Å²) in [6.07, 6.45) is 2.10. The van der Waals surface area contributed by atoms with Crippen LogP contribution in [0.3, 0.4) is 0 Å². The molecule has 2 rings (SSSR count). The van der Waals surface area contributed by atoms with Gasteiger partial charge in [0.1, 0.15) is 0 Å². The fourth-order valence-electron chi connectivity index (χ4n) is 1.96. The molecule has 6 nitrogen and oxygen atoms in total. The summed E-state index contributed by atoms with van der Waals surface area (Å²) in [5.41, 5.74) is 4.86. The molecule has 1 fully saturated rings. The van der Waals surface area contributed by atoms with Crippen LogP contribution in [0.4, 0.5) is 5.13 Å². The number of nitrogen functional groups attached to an aromatic ring is 1. The number of amides is 1. The van der Waals surface area contributed by atoms with E-state index in [4.69, 9.17) is 5.73 Å². The molecule has 1 aliphatic heterocycles. The van der Waals surface area contributed by atoms with Crippen molar-refractivity contribution in [1.82, 2.24) is 10.3 Å². The molecule has 1 aromatic rings. The zero-order valence-corrected chi connectivity index (χ0v) is 12.8. The van der Waals surface area contributed by atoms with Crippen molar-refractivity contribution in [3.63, 3.8) is 0 Å². The Kier molecular flexibility index (Phi) is 4.07. The third kappa shape index (κ3) is 4.08. The zero-order valence-electron chi connectivity index (χ0n) is 10.4. The van der Waals surface area contributed by atoms with E-state index in [1.807, 2.05) is 0 Å². The van der Waals surface area contributed by atoms with Crippen molar-refractivity contribution < 1.29 is 13.2 Å². The Balaban J connectivity index is 1.85. The smallest absolute Gasteiger partial charge is 0.230 e. The van der Waals surface area contributed by atoms with Crippen LogP contribution in [0, 0.1) is 0 Å². The molecular weight excluding hydrogens is 306 g/mol. The van der Waals surface area contributed by atoms with Gasteiger partial charge in [0.15, 0.2) is 15.0 Å². The van der Waals surface area contributed by atoms with Crippen LogP contribution < -0.4 is 11.1 Å². The van der Waals surface area contributed by atoms with Crippen molar-refractivity contribution in [3.05, 3.63) is 6.20 Å². The van der Waals surface area contributed by atoms with Gasteiger partial charge in [0.25, 0.3) is 0 Å². The molecule has 0 saturated carbocycles. The van der Waals surface area contributed by atoms with Gasteiger partial charge in [-0.1, -0.05) is 11.3 Å². The van der Waals surface area contributed by atoms with Gasteiger partial charge >= 0.3 is 0 Å². The number of hydrogen-bond donors (Lipinski definition) is 2. The van der Waals surface area contributed by atoms with E-state index in [0.717, 1.165) is 4.21 Å². The molecule has 1 unspecified atom stereocenters.